The lowest BCUT2D eigenvalue weighted by Gasteiger charge is -2.02. The lowest BCUT2D eigenvalue weighted by molar-refractivity contribution is 1.29. The molecule has 2 aromatic rings. The molecule has 1 aromatic heterocycles. The van der Waals surface area contributed by atoms with Gasteiger partial charge in [0.25, 0.3) is 0 Å². The molecular formula is C15H13BrN2. The van der Waals surface area contributed by atoms with Gasteiger partial charge in [0.05, 0.1) is 11.4 Å². The molecule has 0 aliphatic rings. The highest BCUT2D eigenvalue weighted by Gasteiger charge is 1.99. The summed E-state index contributed by atoms with van der Waals surface area (Å²) < 4.78 is 1.07. The van der Waals surface area contributed by atoms with Gasteiger partial charge in [-0.3, -0.25) is 4.99 Å². The molecule has 2 nitrogen and oxygen atoms in total. The quantitative estimate of drug-likeness (QED) is 0.779. The van der Waals surface area contributed by atoms with Gasteiger partial charge in [0.1, 0.15) is 0 Å². The highest BCUT2D eigenvalue weighted by molar-refractivity contribution is 9.10. The Bertz CT molecular complexity index is 571. The summed E-state index contributed by atoms with van der Waals surface area (Å²) in [5, 5.41) is 0. The second-order valence-corrected chi connectivity index (χ2v) is 4.64. The minimum Gasteiger partial charge on any atom is -0.297 e. The zero-order valence-electron chi connectivity index (χ0n) is 10.0. The Balaban J connectivity index is 2.29. The predicted octanol–water partition coefficient (Wildman–Crippen LogP) is 4.22. The van der Waals surface area contributed by atoms with Gasteiger partial charge in [-0.2, -0.15) is 0 Å². The molecule has 0 aliphatic carbocycles. The lowest BCUT2D eigenvalue weighted by atomic mass is 10.1. The minimum absolute atomic E-state index is 0.926. The van der Waals surface area contributed by atoms with Gasteiger partial charge in [0, 0.05) is 23.3 Å². The van der Waals surface area contributed by atoms with Crippen LogP contribution in [-0.4, -0.2) is 18.2 Å². The fourth-order valence-corrected chi connectivity index (χ4v) is 1.82. The van der Waals surface area contributed by atoms with Crippen molar-refractivity contribution in [1.82, 2.24) is 4.98 Å². The Morgan fingerprint density at radius 3 is 2.61 bits per heavy atom. The molecule has 0 atom stereocenters. The summed E-state index contributed by atoms with van der Waals surface area (Å²) in [5.41, 5.74) is 3.01. The minimum atomic E-state index is 0.926. The molecule has 0 bridgehead atoms. The maximum absolute atomic E-state index is 4.58. The fraction of sp³-hybridized carbons (Fsp3) is 0.0667. The Kier molecular flexibility index (Phi) is 4.42. The van der Waals surface area contributed by atoms with Crippen molar-refractivity contribution in [1.29, 1.82) is 0 Å². The van der Waals surface area contributed by atoms with Crippen molar-refractivity contribution in [2.45, 2.75) is 0 Å². The van der Waals surface area contributed by atoms with Crippen molar-refractivity contribution < 1.29 is 0 Å². The van der Waals surface area contributed by atoms with Crippen molar-refractivity contribution in [2.75, 3.05) is 7.05 Å². The maximum atomic E-state index is 4.58. The third-order valence-corrected chi connectivity index (χ3v) is 2.94. The zero-order valence-corrected chi connectivity index (χ0v) is 11.6. The van der Waals surface area contributed by atoms with Crippen LogP contribution in [0.5, 0.6) is 0 Å². The average Bonchev–Trinajstić information content (AvgIpc) is 2.40. The van der Waals surface area contributed by atoms with Gasteiger partial charge in [0.15, 0.2) is 0 Å². The van der Waals surface area contributed by atoms with E-state index in [-0.39, 0.29) is 0 Å². The number of nitrogens with zero attached hydrogens (tertiary/aromatic N) is 2. The van der Waals surface area contributed by atoms with E-state index in [9.17, 15) is 0 Å². The van der Waals surface area contributed by atoms with E-state index in [1.54, 1.807) is 13.3 Å². The number of halogens is 1. The van der Waals surface area contributed by atoms with Crippen LogP contribution in [0.15, 0.2) is 58.0 Å². The summed E-state index contributed by atoms with van der Waals surface area (Å²) in [5.74, 6) is 0. The molecule has 0 fully saturated rings. The van der Waals surface area contributed by atoms with Gasteiger partial charge in [-0.25, -0.2) is 4.98 Å². The lowest BCUT2D eigenvalue weighted by Crippen LogP contribution is -1.86. The van der Waals surface area contributed by atoms with Crippen LogP contribution in [0.25, 0.3) is 17.3 Å². The van der Waals surface area contributed by atoms with E-state index in [1.165, 1.54) is 0 Å². The molecule has 0 spiro atoms. The van der Waals surface area contributed by atoms with Crippen molar-refractivity contribution >= 4 is 28.2 Å². The van der Waals surface area contributed by atoms with Crippen molar-refractivity contribution in [3.63, 3.8) is 0 Å². The van der Waals surface area contributed by atoms with E-state index >= 15 is 0 Å². The summed E-state index contributed by atoms with van der Waals surface area (Å²) in [6.45, 7) is 0. The van der Waals surface area contributed by atoms with Crippen LogP contribution >= 0.6 is 15.9 Å². The number of hydrogen-bond donors (Lipinski definition) is 0. The highest BCUT2D eigenvalue weighted by Crippen LogP contribution is 2.20. The van der Waals surface area contributed by atoms with E-state index in [1.807, 2.05) is 54.6 Å². The summed E-state index contributed by atoms with van der Waals surface area (Å²) >= 11 is 3.43. The first-order valence-corrected chi connectivity index (χ1v) is 6.41. The molecule has 0 saturated carbocycles. The molecule has 0 N–H and O–H groups in total. The van der Waals surface area contributed by atoms with E-state index < -0.39 is 0 Å². The van der Waals surface area contributed by atoms with Crippen LogP contribution in [0.2, 0.25) is 0 Å². The second-order valence-electron chi connectivity index (χ2n) is 3.72. The van der Waals surface area contributed by atoms with Gasteiger partial charge in [-0.15, -0.1) is 0 Å². The Morgan fingerprint density at radius 1 is 1.11 bits per heavy atom. The van der Waals surface area contributed by atoms with E-state index in [2.05, 4.69) is 25.9 Å². The SMILES string of the molecule is CN=C/C=C/c1cccc(-c2ccc(Br)cc2)n1. The van der Waals surface area contributed by atoms with Crippen LogP contribution < -0.4 is 0 Å². The standard InChI is InChI=1S/C15H13BrN2/c1-17-11-3-5-14-4-2-6-15(18-14)12-7-9-13(16)10-8-12/h2-11H,1H3/b5-3+,17-11?. The van der Waals surface area contributed by atoms with E-state index in [0.717, 1.165) is 21.4 Å². The van der Waals surface area contributed by atoms with Crippen LogP contribution in [-0.2, 0) is 0 Å². The number of rotatable bonds is 3. The molecule has 3 heteroatoms. The summed E-state index contributed by atoms with van der Waals surface area (Å²) in [7, 11) is 1.75. The number of allylic oxidation sites excluding steroid dienone is 1. The number of aromatic nitrogens is 1. The third-order valence-electron chi connectivity index (χ3n) is 2.41. The Labute approximate surface area is 115 Å². The van der Waals surface area contributed by atoms with Crippen LogP contribution in [0.4, 0.5) is 0 Å². The molecule has 0 aliphatic heterocycles. The molecule has 0 amide bonds. The van der Waals surface area contributed by atoms with Gasteiger partial charge in [-0.1, -0.05) is 34.1 Å². The number of pyridine rings is 1. The molecule has 90 valence electrons. The first kappa shape index (κ1) is 12.7. The summed E-state index contributed by atoms with van der Waals surface area (Å²) in [6.07, 6.45) is 5.57. The number of aliphatic imine (C=N–C) groups is 1. The molecule has 18 heavy (non-hydrogen) atoms. The van der Waals surface area contributed by atoms with Gasteiger partial charge in [0.2, 0.25) is 0 Å². The molecule has 0 unspecified atom stereocenters. The van der Waals surface area contributed by atoms with Crippen molar-refractivity contribution in [3.8, 4) is 11.3 Å². The smallest absolute Gasteiger partial charge is 0.0709 e. The first-order chi connectivity index (χ1) is 8.79. The fourth-order valence-electron chi connectivity index (χ4n) is 1.55. The van der Waals surface area contributed by atoms with Crippen LogP contribution in [0, 0.1) is 0 Å². The number of hydrogen-bond acceptors (Lipinski definition) is 2. The number of benzene rings is 1. The Morgan fingerprint density at radius 2 is 1.89 bits per heavy atom. The first-order valence-electron chi connectivity index (χ1n) is 5.61. The van der Waals surface area contributed by atoms with Gasteiger partial charge < -0.3 is 0 Å². The topological polar surface area (TPSA) is 25.2 Å². The Hall–Kier alpha value is -1.74. The van der Waals surface area contributed by atoms with Crippen LogP contribution in [0.3, 0.4) is 0 Å². The maximum Gasteiger partial charge on any atom is 0.0709 e. The largest absolute Gasteiger partial charge is 0.297 e. The molecular weight excluding hydrogens is 288 g/mol. The third kappa shape index (κ3) is 3.37. The van der Waals surface area contributed by atoms with E-state index in [4.69, 9.17) is 0 Å². The molecule has 2 rings (SSSR count). The summed E-state index contributed by atoms with van der Waals surface area (Å²) in [4.78, 5) is 8.48. The average molecular weight is 301 g/mol. The van der Waals surface area contributed by atoms with Gasteiger partial charge >= 0.3 is 0 Å². The molecule has 0 saturated heterocycles. The van der Waals surface area contributed by atoms with E-state index in [0.29, 0.717) is 0 Å². The van der Waals surface area contributed by atoms with Crippen molar-refractivity contribution in [3.05, 3.63) is 58.7 Å². The molecule has 0 radical (unpaired) electrons. The zero-order chi connectivity index (χ0) is 12.8. The monoisotopic (exact) mass is 300 g/mol. The highest BCUT2D eigenvalue weighted by atomic mass is 79.9. The molecule has 1 aromatic carbocycles. The molecule has 1 heterocycles. The second kappa shape index (κ2) is 6.26. The normalized spacial score (nSPS) is 11.4. The van der Waals surface area contributed by atoms with Crippen LogP contribution in [0.1, 0.15) is 5.69 Å². The summed E-state index contributed by atoms with van der Waals surface area (Å²) in [6, 6.07) is 14.1. The van der Waals surface area contributed by atoms with Gasteiger partial charge in [-0.05, 0) is 36.4 Å². The predicted molar refractivity (Wildman–Crippen MR) is 80.8 cm³/mol. The van der Waals surface area contributed by atoms with Crippen molar-refractivity contribution in [2.24, 2.45) is 4.99 Å².